The van der Waals surface area contributed by atoms with E-state index in [1.165, 1.54) is 52.0 Å². The van der Waals surface area contributed by atoms with Crippen LogP contribution in [-0.4, -0.2) is 65.0 Å². The molecule has 9 nitrogen and oxygen atoms in total. The van der Waals surface area contributed by atoms with Crippen LogP contribution in [0.5, 0.6) is 0 Å². The fourth-order valence-electron chi connectivity index (χ4n) is 5.94. The number of hydrogen-bond acceptors (Lipinski definition) is 6. The number of nitrogens with zero attached hydrogens (tertiary/aromatic N) is 4. The molecule has 2 N–H and O–H groups in total. The van der Waals surface area contributed by atoms with Crippen LogP contribution in [0.3, 0.4) is 0 Å². The van der Waals surface area contributed by atoms with E-state index in [1.54, 1.807) is 23.9 Å². The quantitative estimate of drug-likeness (QED) is 0.277. The Balaban J connectivity index is 1.39. The zero-order valence-corrected chi connectivity index (χ0v) is 26.4. The molecule has 0 bridgehead atoms. The highest BCUT2D eigenvalue weighted by molar-refractivity contribution is 7.91. The smallest absolute Gasteiger partial charge is 0.276 e. The molecule has 5 rings (SSSR count). The average Bonchev–Trinajstić information content (AvgIpc) is 3.26. The van der Waals surface area contributed by atoms with Gasteiger partial charge in [0.15, 0.2) is 9.84 Å². The largest absolute Gasteiger partial charge is 0.338 e. The predicted octanol–water partition coefficient (Wildman–Crippen LogP) is 3.94. The lowest BCUT2D eigenvalue weighted by molar-refractivity contribution is 0.0599. The third-order valence-electron chi connectivity index (χ3n) is 8.74. The van der Waals surface area contributed by atoms with E-state index in [0.29, 0.717) is 37.1 Å². The standard InChI is InChI=1S/C33H36F3N5O4S/c1-22-28(32(42)41(38(22)2)26-10-8-24(34)9-11-26)20-40(17-14-23-6-12-27(13-7-23)46(44,45)21-37)25-15-18-39(19-16-25)33(43)31-29(35)4-3-5-30(31)36/h3-13,25H,14-21,37H2,1-2H3. The summed E-state index contributed by atoms with van der Waals surface area (Å²) in [5.41, 5.74) is 7.28. The number of amides is 1. The zero-order valence-electron chi connectivity index (χ0n) is 25.6. The monoisotopic (exact) mass is 655 g/mol. The summed E-state index contributed by atoms with van der Waals surface area (Å²) in [5.74, 6) is -3.41. The molecule has 13 heteroatoms. The van der Waals surface area contributed by atoms with Crippen LogP contribution in [0.2, 0.25) is 0 Å². The Hall–Kier alpha value is -4.20. The molecular formula is C33H36F3N5O4S. The van der Waals surface area contributed by atoms with Crippen LogP contribution >= 0.6 is 0 Å². The van der Waals surface area contributed by atoms with Crippen LogP contribution in [0.1, 0.15) is 40.0 Å². The van der Waals surface area contributed by atoms with Gasteiger partial charge in [0.25, 0.3) is 11.5 Å². The second-order valence-corrected chi connectivity index (χ2v) is 13.5. The first-order chi connectivity index (χ1) is 21.9. The summed E-state index contributed by atoms with van der Waals surface area (Å²) in [4.78, 5) is 30.5. The van der Waals surface area contributed by atoms with Crippen molar-refractivity contribution < 1.29 is 26.4 Å². The van der Waals surface area contributed by atoms with Gasteiger partial charge in [-0.1, -0.05) is 18.2 Å². The van der Waals surface area contributed by atoms with Gasteiger partial charge in [0.05, 0.1) is 16.1 Å². The first-order valence-electron chi connectivity index (χ1n) is 14.9. The molecule has 1 fully saturated rings. The average molecular weight is 656 g/mol. The van der Waals surface area contributed by atoms with E-state index < -0.39 is 44.6 Å². The van der Waals surface area contributed by atoms with E-state index in [4.69, 9.17) is 5.73 Å². The van der Waals surface area contributed by atoms with Gasteiger partial charge < -0.3 is 10.6 Å². The molecule has 4 aromatic rings. The summed E-state index contributed by atoms with van der Waals surface area (Å²) in [5, 5.41) is 0. The van der Waals surface area contributed by atoms with Gasteiger partial charge in [-0.15, -0.1) is 0 Å². The van der Waals surface area contributed by atoms with E-state index in [0.717, 1.165) is 23.4 Å². The van der Waals surface area contributed by atoms with E-state index >= 15 is 0 Å². The summed E-state index contributed by atoms with van der Waals surface area (Å²) in [6.07, 6.45) is 1.56. The molecule has 0 saturated carbocycles. The molecule has 1 aromatic heterocycles. The second-order valence-electron chi connectivity index (χ2n) is 11.4. The van der Waals surface area contributed by atoms with Crippen molar-refractivity contribution >= 4 is 15.7 Å². The van der Waals surface area contributed by atoms with Gasteiger partial charge in [-0.05, 0) is 80.3 Å². The van der Waals surface area contributed by atoms with Gasteiger partial charge in [0.2, 0.25) is 0 Å². The molecular weight excluding hydrogens is 619 g/mol. The first kappa shape index (κ1) is 33.2. The maximum Gasteiger partial charge on any atom is 0.276 e. The number of aromatic nitrogens is 2. The third-order valence-corrected chi connectivity index (χ3v) is 10.2. The highest BCUT2D eigenvalue weighted by atomic mass is 32.2. The molecule has 0 atom stereocenters. The van der Waals surface area contributed by atoms with Crippen LogP contribution in [0.15, 0.2) is 76.4 Å². The normalized spacial score (nSPS) is 14.3. The number of carbonyl (C=O) groups is 1. The van der Waals surface area contributed by atoms with Gasteiger partial charge in [0, 0.05) is 45.0 Å². The fourth-order valence-corrected chi connectivity index (χ4v) is 6.68. The van der Waals surface area contributed by atoms with Crippen LogP contribution in [0.25, 0.3) is 5.69 Å². The molecule has 2 heterocycles. The van der Waals surface area contributed by atoms with Crippen LogP contribution < -0.4 is 11.3 Å². The summed E-state index contributed by atoms with van der Waals surface area (Å²) in [6, 6.07) is 15.5. The van der Waals surface area contributed by atoms with Gasteiger partial charge in [-0.25, -0.2) is 26.3 Å². The Kier molecular flexibility index (Phi) is 9.85. The molecule has 0 unspecified atom stereocenters. The van der Waals surface area contributed by atoms with E-state index in [9.17, 15) is 31.2 Å². The first-order valence-corrected chi connectivity index (χ1v) is 16.6. The number of piperidine rings is 1. The number of carbonyl (C=O) groups excluding carboxylic acids is 1. The maximum atomic E-state index is 14.3. The Labute approximate surface area is 265 Å². The van der Waals surface area contributed by atoms with E-state index in [1.807, 2.05) is 6.92 Å². The van der Waals surface area contributed by atoms with Gasteiger partial charge in [-0.3, -0.25) is 19.2 Å². The van der Waals surface area contributed by atoms with Crippen molar-refractivity contribution in [3.63, 3.8) is 0 Å². The maximum absolute atomic E-state index is 14.3. The summed E-state index contributed by atoms with van der Waals surface area (Å²) in [7, 11) is -1.79. The number of likely N-dealkylation sites (tertiary alicyclic amines) is 1. The number of sulfone groups is 1. The van der Waals surface area contributed by atoms with Crippen molar-refractivity contribution in [1.29, 1.82) is 0 Å². The molecule has 0 radical (unpaired) electrons. The lowest BCUT2D eigenvalue weighted by Gasteiger charge is -2.38. The van der Waals surface area contributed by atoms with Crippen LogP contribution in [-0.2, 0) is 29.9 Å². The van der Waals surface area contributed by atoms with Crippen molar-refractivity contribution in [2.24, 2.45) is 12.8 Å². The number of benzene rings is 3. The summed E-state index contributed by atoms with van der Waals surface area (Å²) >= 11 is 0. The molecule has 1 saturated heterocycles. The second kappa shape index (κ2) is 13.7. The fraction of sp³-hybridized carbons (Fsp3) is 0.333. The van der Waals surface area contributed by atoms with Crippen molar-refractivity contribution in [1.82, 2.24) is 19.2 Å². The number of halogens is 3. The molecule has 1 amide bonds. The minimum Gasteiger partial charge on any atom is -0.338 e. The Morgan fingerprint density at radius 1 is 0.957 bits per heavy atom. The summed E-state index contributed by atoms with van der Waals surface area (Å²) < 4.78 is 69.8. The molecule has 0 spiro atoms. The lowest BCUT2D eigenvalue weighted by Crippen LogP contribution is -2.47. The third kappa shape index (κ3) is 6.81. The molecule has 244 valence electrons. The Morgan fingerprint density at radius 3 is 2.15 bits per heavy atom. The SMILES string of the molecule is Cc1c(CN(CCc2ccc(S(=O)(=O)CN)cc2)C2CCN(C(=O)c3c(F)cccc3F)CC2)c(=O)n(-c2ccc(F)cc2)n1C. The van der Waals surface area contributed by atoms with Crippen molar-refractivity contribution in [2.75, 3.05) is 25.5 Å². The Morgan fingerprint density at radius 2 is 1.57 bits per heavy atom. The van der Waals surface area contributed by atoms with E-state index in [2.05, 4.69) is 4.90 Å². The minimum absolute atomic E-state index is 0.0651. The van der Waals surface area contributed by atoms with Crippen molar-refractivity contribution in [3.8, 4) is 5.69 Å². The molecule has 46 heavy (non-hydrogen) atoms. The van der Waals surface area contributed by atoms with E-state index in [-0.39, 0.29) is 36.1 Å². The summed E-state index contributed by atoms with van der Waals surface area (Å²) in [6.45, 7) is 3.18. The minimum atomic E-state index is -3.55. The molecule has 1 aliphatic heterocycles. The van der Waals surface area contributed by atoms with Crippen LogP contribution in [0, 0.1) is 24.4 Å². The lowest BCUT2D eigenvalue weighted by atomic mass is 10.00. The number of nitrogens with two attached hydrogens (primary N) is 1. The van der Waals surface area contributed by atoms with Crippen molar-refractivity contribution in [2.45, 2.75) is 43.7 Å². The number of rotatable bonds is 10. The molecule has 3 aromatic carbocycles. The van der Waals surface area contributed by atoms with Gasteiger partial charge >= 0.3 is 0 Å². The van der Waals surface area contributed by atoms with Crippen molar-refractivity contribution in [3.05, 3.63) is 117 Å². The number of hydrogen-bond donors (Lipinski definition) is 1. The predicted molar refractivity (Wildman–Crippen MR) is 168 cm³/mol. The molecule has 0 aliphatic carbocycles. The Bertz CT molecular complexity index is 1860. The van der Waals surface area contributed by atoms with Crippen LogP contribution in [0.4, 0.5) is 13.2 Å². The zero-order chi connectivity index (χ0) is 33.2. The van der Waals surface area contributed by atoms with Gasteiger partial charge in [-0.2, -0.15) is 0 Å². The highest BCUT2D eigenvalue weighted by Crippen LogP contribution is 2.24. The van der Waals surface area contributed by atoms with Gasteiger partial charge in [0.1, 0.15) is 28.9 Å². The highest BCUT2D eigenvalue weighted by Gasteiger charge is 2.31. The topological polar surface area (TPSA) is 111 Å². The molecule has 1 aliphatic rings.